The molecule has 0 radical (unpaired) electrons. The minimum Gasteiger partial charge on any atom is -0.497 e. The molecule has 2 heterocycles. The lowest BCUT2D eigenvalue weighted by Crippen LogP contribution is -2.23. The van der Waals surface area contributed by atoms with Gasteiger partial charge in [0.1, 0.15) is 11.6 Å². The van der Waals surface area contributed by atoms with Crippen LogP contribution in [0.3, 0.4) is 0 Å². The summed E-state index contributed by atoms with van der Waals surface area (Å²) in [7, 11) is 3.33. The molecule has 1 amide bonds. The Hall–Kier alpha value is -3.71. The van der Waals surface area contributed by atoms with Gasteiger partial charge < -0.3 is 9.64 Å². The summed E-state index contributed by atoms with van der Waals surface area (Å²) in [4.78, 5) is 32.9. The quantitative estimate of drug-likeness (QED) is 0.393. The summed E-state index contributed by atoms with van der Waals surface area (Å²) < 4.78 is 7.64. The minimum atomic E-state index is -0.208. The topological polar surface area (TPSA) is 64.4 Å². The monoisotopic (exact) mass is 487 g/mol. The molecule has 1 aliphatic heterocycles. The standard InChI is InChI=1S/C25H18BrN3O3/c1-28-22-12-7-15(26)13-19(22)20(24(28)30)14-23-27-21-6-4-3-5-18(21)25(31)29(23)16-8-10-17(32-2)11-9-16/h3-14H,1-2H3/b20-14+. The molecule has 158 valence electrons. The first-order chi connectivity index (χ1) is 15.5. The van der Waals surface area contributed by atoms with E-state index in [0.717, 1.165) is 15.7 Å². The first kappa shape index (κ1) is 20.2. The number of rotatable bonds is 3. The third-order valence-electron chi connectivity index (χ3n) is 5.55. The average molecular weight is 488 g/mol. The zero-order valence-electron chi connectivity index (χ0n) is 17.4. The maximum absolute atomic E-state index is 13.5. The van der Waals surface area contributed by atoms with Crippen LogP contribution in [0.2, 0.25) is 0 Å². The first-order valence-electron chi connectivity index (χ1n) is 9.94. The van der Waals surface area contributed by atoms with Gasteiger partial charge in [0.25, 0.3) is 11.5 Å². The summed E-state index contributed by atoms with van der Waals surface area (Å²) in [6, 6.07) is 20.1. The Morgan fingerprint density at radius 2 is 1.75 bits per heavy atom. The highest BCUT2D eigenvalue weighted by Gasteiger charge is 2.30. The van der Waals surface area contributed by atoms with E-state index in [4.69, 9.17) is 9.72 Å². The third kappa shape index (κ3) is 3.22. The molecule has 4 aromatic rings. The number of hydrogen-bond acceptors (Lipinski definition) is 4. The van der Waals surface area contributed by atoms with Crippen LogP contribution in [0.4, 0.5) is 5.69 Å². The SMILES string of the molecule is COc1ccc(-n2c(/C=C3/C(=O)N(C)c4ccc(Br)cc43)nc3ccccc3c2=O)cc1. The van der Waals surface area contributed by atoms with Crippen molar-refractivity contribution in [3.8, 4) is 11.4 Å². The maximum atomic E-state index is 13.5. The van der Waals surface area contributed by atoms with E-state index in [1.165, 1.54) is 4.57 Å². The van der Waals surface area contributed by atoms with Crippen molar-refractivity contribution in [2.75, 3.05) is 19.1 Å². The molecule has 0 unspecified atom stereocenters. The molecule has 3 aromatic carbocycles. The van der Waals surface area contributed by atoms with Crippen molar-refractivity contribution in [2.24, 2.45) is 0 Å². The summed E-state index contributed by atoms with van der Waals surface area (Å²) in [5.74, 6) is 0.909. The van der Waals surface area contributed by atoms with Crippen molar-refractivity contribution < 1.29 is 9.53 Å². The number of hydrogen-bond donors (Lipinski definition) is 0. The number of methoxy groups -OCH3 is 1. The predicted molar refractivity (Wildman–Crippen MR) is 129 cm³/mol. The zero-order valence-corrected chi connectivity index (χ0v) is 19.0. The van der Waals surface area contributed by atoms with Crippen LogP contribution in [0.15, 0.2) is 76.0 Å². The Morgan fingerprint density at radius 1 is 1.00 bits per heavy atom. The first-order valence-corrected chi connectivity index (χ1v) is 10.7. The van der Waals surface area contributed by atoms with E-state index in [1.807, 2.05) is 30.3 Å². The van der Waals surface area contributed by atoms with Crippen LogP contribution in [0, 0.1) is 0 Å². The Kier molecular flexibility index (Phi) is 4.90. The molecule has 7 heteroatoms. The molecular weight excluding hydrogens is 470 g/mol. The molecule has 0 saturated carbocycles. The highest BCUT2D eigenvalue weighted by molar-refractivity contribution is 9.10. The number of ether oxygens (including phenoxy) is 1. The Morgan fingerprint density at radius 3 is 2.50 bits per heavy atom. The van der Waals surface area contributed by atoms with E-state index < -0.39 is 0 Å². The largest absolute Gasteiger partial charge is 0.497 e. The van der Waals surface area contributed by atoms with Crippen molar-refractivity contribution in [1.29, 1.82) is 0 Å². The molecule has 0 bridgehead atoms. The number of carbonyl (C=O) groups excluding carboxylic acids is 1. The van der Waals surface area contributed by atoms with E-state index in [-0.39, 0.29) is 11.5 Å². The summed E-state index contributed by atoms with van der Waals surface area (Å²) in [6.45, 7) is 0. The summed E-state index contributed by atoms with van der Waals surface area (Å²) in [5, 5.41) is 0.503. The van der Waals surface area contributed by atoms with Crippen molar-refractivity contribution in [3.63, 3.8) is 0 Å². The number of anilines is 1. The van der Waals surface area contributed by atoms with Crippen LogP contribution in [0.5, 0.6) is 5.75 Å². The molecule has 32 heavy (non-hydrogen) atoms. The van der Waals surface area contributed by atoms with Gasteiger partial charge in [-0.25, -0.2) is 4.98 Å². The fourth-order valence-electron chi connectivity index (χ4n) is 3.92. The smallest absolute Gasteiger partial charge is 0.266 e. The van der Waals surface area contributed by atoms with E-state index in [0.29, 0.717) is 33.7 Å². The van der Waals surface area contributed by atoms with E-state index in [1.54, 1.807) is 61.5 Å². The van der Waals surface area contributed by atoms with Crippen LogP contribution in [0.25, 0.3) is 28.2 Å². The van der Waals surface area contributed by atoms with Gasteiger partial charge in [-0.05, 0) is 60.7 Å². The zero-order chi connectivity index (χ0) is 22.4. The Bertz CT molecular complexity index is 1470. The second-order valence-electron chi connectivity index (χ2n) is 7.41. The summed E-state index contributed by atoms with van der Waals surface area (Å²) in [6.07, 6.45) is 1.69. The van der Waals surface area contributed by atoms with Gasteiger partial charge in [0.05, 0.1) is 35.0 Å². The molecule has 0 fully saturated rings. The lowest BCUT2D eigenvalue weighted by molar-refractivity contribution is -0.112. The fourth-order valence-corrected chi connectivity index (χ4v) is 4.28. The molecular formula is C25H18BrN3O3. The van der Waals surface area contributed by atoms with E-state index in [9.17, 15) is 9.59 Å². The number of benzene rings is 3. The number of aromatic nitrogens is 2. The van der Waals surface area contributed by atoms with Gasteiger partial charge in [-0.3, -0.25) is 14.2 Å². The maximum Gasteiger partial charge on any atom is 0.266 e. The molecule has 0 aliphatic carbocycles. The van der Waals surface area contributed by atoms with Gasteiger partial charge in [-0.1, -0.05) is 28.1 Å². The second-order valence-corrected chi connectivity index (χ2v) is 8.33. The van der Waals surface area contributed by atoms with Crippen molar-refractivity contribution in [1.82, 2.24) is 9.55 Å². The highest BCUT2D eigenvalue weighted by Crippen LogP contribution is 2.38. The molecule has 1 aromatic heterocycles. The van der Waals surface area contributed by atoms with Crippen LogP contribution in [-0.4, -0.2) is 29.6 Å². The van der Waals surface area contributed by atoms with Gasteiger partial charge in [0.2, 0.25) is 0 Å². The lowest BCUT2D eigenvalue weighted by Gasteiger charge is -2.13. The van der Waals surface area contributed by atoms with Crippen LogP contribution in [0.1, 0.15) is 11.4 Å². The second kappa shape index (κ2) is 7.76. The predicted octanol–water partition coefficient (Wildman–Crippen LogP) is 4.67. The molecule has 1 aliphatic rings. The van der Waals surface area contributed by atoms with Gasteiger partial charge in [0, 0.05) is 17.1 Å². The minimum absolute atomic E-state index is 0.151. The van der Waals surface area contributed by atoms with Gasteiger partial charge in [0.15, 0.2) is 0 Å². The molecule has 0 N–H and O–H groups in total. The van der Waals surface area contributed by atoms with E-state index >= 15 is 0 Å². The molecule has 5 rings (SSSR count). The average Bonchev–Trinajstić information content (AvgIpc) is 3.03. The van der Waals surface area contributed by atoms with Crippen molar-refractivity contribution >= 4 is 50.1 Å². The molecule has 0 atom stereocenters. The van der Waals surface area contributed by atoms with Crippen LogP contribution < -0.4 is 15.2 Å². The highest BCUT2D eigenvalue weighted by atomic mass is 79.9. The van der Waals surface area contributed by atoms with E-state index in [2.05, 4.69) is 15.9 Å². The normalized spacial score (nSPS) is 14.3. The Balaban J connectivity index is 1.80. The number of fused-ring (bicyclic) bond motifs is 2. The molecule has 0 spiro atoms. The van der Waals surface area contributed by atoms with Crippen molar-refractivity contribution in [3.05, 3.63) is 92.9 Å². The number of halogens is 1. The summed E-state index contributed by atoms with van der Waals surface area (Å²) >= 11 is 3.49. The van der Waals surface area contributed by atoms with Gasteiger partial charge in [-0.15, -0.1) is 0 Å². The number of nitrogens with zero attached hydrogens (tertiary/aromatic N) is 3. The van der Waals surface area contributed by atoms with Crippen LogP contribution >= 0.6 is 15.9 Å². The number of carbonyl (C=O) groups is 1. The van der Waals surface area contributed by atoms with Crippen LogP contribution in [-0.2, 0) is 4.79 Å². The lowest BCUT2D eigenvalue weighted by atomic mass is 10.1. The fraction of sp³-hybridized carbons (Fsp3) is 0.0800. The van der Waals surface area contributed by atoms with Gasteiger partial charge in [-0.2, -0.15) is 0 Å². The number of amides is 1. The molecule has 6 nitrogen and oxygen atoms in total. The number of para-hydroxylation sites is 1. The number of likely N-dealkylation sites (N-methyl/N-ethyl adjacent to an activating group) is 1. The van der Waals surface area contributed by atoms with Gasteiger partial charge >= 0.3 is 0 Å². The molecule has 0 saturated heterocycles. The summed E-state index contributed by atoms with van der Waals surface area (Å²) in [5.41, 5.74) is 3.07. The third-order valence-corrected chi connectivity index (χ3v) is 6.04. The Labute approximate surface area is 192 Å². The van der Waals surface area contributed by atoms with Crippen molar-refractivity contribution in [2.45, 2.75) is 0 Å².